The topological polar surface area (TPSA) is 71.8 Å². The van der Waals surface area contributed by atoms with Gasteiger partial charge in [0.1, 0.15) is 6.33 Å². The third-order valence-electron chi connectivity index (χ3n) is 4.19. The summed E-state index contributed by atoms with van der Waals surface area (Å²) >= 11 is 1.80. The van der Waals surface area contributed by atoms with Crippen molar-refractivity contribution in [1.82, 2.24) is 25.4 Å². The summed E-state index contributed by atoms with van der Waals surface area (Å²) in [5, 5.41) is 15.1. The lowest BCUT2D eigenvalue weighted by Gasteiger charge is -2.08. The van der Waals surface area contributed by atoms with Crippen molar-refractivity contribution < 1.29 is 4.79 Å². The Morgan fingerprint density at radius 1 is 0.920 bits per heavy atom. The molecule has 0 unspecified atom stereocenters. The van der Waals surface area contributed by atoms with Crippen molar-refractivity contribution in [3.05, 3.63) is 18.5 Å². The van der Waals surface area contributed by atoms with Crippen LogP contribution in [0.25, 0.3) is 0 Å². The van der Waals surface area contributed by atoms with Gasteiger partial charge in [0.05, 0.1) is 0 Å². The first-order valence-electron chi connectivity index (χ1n) is 9.53. The number of carbonyl (C=O) groups excluding carboxylic acids is 1. The van der Waals surface area contributed by atoms with E-state index in [0.29, 0.717) is 6.54 Å². The Morgan fingerprint density at radius 2 is 1.64 bits per heavy atom. The van der Waals surface area contributed by atoms with Gasteiger partial charge in [0, 0.05) is 25.4 Å². The van der Waals surface area contributed by atoms with Crippen LogP contribution < -0.4 is 10.6 Å². The molecular formula is C18H31N5OS. The zero-order valence-corrected chi connectivity index (χ0v) is 15.9. The molecule has 25 heavy (non-hydrogen) atoms. The summed E-state index contributed by atoms with van der Waals surface area (Å²) in [7, 11) is 0. The molecule has 2 amide bonds. The van der Waals surface area contributed by atoms with E-state index >= 15 is 0 Å². The molecule has 7 heteroatoms. The molecule has 2 N–H and O–H groups in total. The van der Waals surface area contributed by atoms with Crippen LogP contribution in [0.15, 0.2) is 23.6 Å². The highest BCUT2D eigenvalue weighted by Gasteiger charge is 2.05. The van der Waals surface area contributed by atoms with Crippen molar-refractivity contribution in [3.8, 4) is 0 Å². The Morgan fingerprint density at radius 3 is 2.44 bits per heavy atom. The molecule has 0 aromatic carbocycles. The molecule has 0 aliphatic carbocycles. The van der Waals surface area contributed by atoms with E-state index in [9.17, 15) is 4.79 Å². The number of hydrogen-bond acceptors (Lipinski definition) is 4. The molecule has 0 fully saturated rings. The fourth-order valence-corrected chi connectivity index (χ4v) is 3.65. The fourth-order valence-electron chi connectivity index (χ4n) is 2.71. The van der Waals surface area contributed by atoms with Gasteiger partial charge in [-0.2, -0.15) is 0 Å². The zero-order chi connectivity index (χ0) is 17.6. The van der Waals surface area contributed by atoms with Crippen LogP contribution in [-0.2, 0) is 6.54 Å². The summed E-state index contributed by atoms with van der Waals surface area (Å²) in [5.74, 6) is 1.10. The van der Waals surface area contributed by atoms with E-state index in [2.05, 4.69) is 37.6 Å². The molecule has 1 aromatic heterocycles. The van der Waals surface area contributed by atoms with Gasteiger partial charge >= 0.3 is 6.03 Å². The molecule has 1 aliphatic rings. The van der Waals surface area contributed by atoms with E-state index < -0.39 is 0 Å². The van der Waals surface area contributed by atoms with Crippen LogP contribution >= 0.6 is 11.8 Å². The maximum atomic E-state index is 11.7. The third kappa shape index (κ3) is 8.95. The molecule has 6 nitrogen and oxygen atoms in total. The number of allylic oxidation sites excluding steroid dienone is 2. The monoisotopic (exact) mass is 365 g/mol. The minimum atomic E-state index is -0.0537. The van der Waals surface area contributed by atoms with E-state index in [1.165, 1.54) is 25.7 Å². The highest BCUT2D eigenvalue weighted by molar-refractivity contribution is 7.99. The molecule has 0 spiro atoms. The summed E-state index contributed by atoms with van der Waals surface area (Å²) in [4.78, 5) is 11.7. The lowest BCUT2D eigenvalue weighted by molar-refractivity contribution is 0.240. The summed E-state index contributed by atoms with van der Waals surface area (Å²) in [6, 6.07) is -0.0537. The third-order valence-corrected chi connectivity index (χ3v) is 5.25. The standard InChI is InChI=1S/C18H31N5OS/c24-17-19-12-8-6-4-2-1-3-5-7-11-15-25-18-22-21-16-23(18)14-10-9-13-20-17/h1-2,16H,3-15H2,(H2,19,20,24)/b2-1-. The van der Waals surface area contributed by atoms with Crippen LogP contribution in [-0.4, -0.2) is 39.6 Å². The molecule has 2 rings (SSSR count). The van der Waals surface area contributed by atoms with Crippen molar-refractivity contribution in [2.24, 2.45) is 0 Å². The number of aromatic nitrogens is 3. The molecule has 0 bridgehead atoms. The Bertz CT molecular complexity index is 517. The minimum Gasteiger partial charge on any atom is -0.338 e. The summed E-state index contributed by atoms with van der Waals surface area (Å²) in [6.45, 7) is 2.36. The number of hydrogen-bond donors (Lipinski definition) is 2. The Kier molecular flexibility index (Phi) is 10.2. The van der Waals surface area contributed by atoms with Crippen LogP contribution in [0.2, 0.25) is 0 Å². The fraction of sp³-hybridized carbons (Fsp3) is 0.722. The predicted octanol–water partition coefficient (Wildman–Crippen LogP) is 3.75. The van der Waals surface area contributed by atoms with Crippen molar-refractivity contribution in [3.63, 3.8) is 0 Å². The quantitative estimate of drug-likeness (QED) is 0.687. The molecule has 140 valence electrons. The van der Waals surface area contributed by atoms with Crippen molar-refractivity contribution in [2.75, 3.05) is 18.8 Å². The maximum absolute atomic E-state index is 11.7. The van der Waals surface area contributed by atoms with E-state index in [1.807, 2.05) is 6.33 Å². The number of nitrogens with zero attached hydrogens (tertiary/aromatic N) is 3. The number of aryl methyl sites for hydroxylation is 1. The Balaban J connectivity index is 1.76. The number of amides is 2. The average molecular weight is 366 g/mol. The van der Waals surface area contributed by atoms with Gasteiger partial charge in [-0.1, -0.05) is 30.3 Å². The van der Waals surface area contributed by atoms with Crippen LogP contribution in [0.1, 0.15) is 57.8 Å². The molecule has 0 saturated carbocycles. The lowest BCUT2D eigenvalue weighted by Crippen LogP contribution is -2.36. The predicted molar refractivity (Wildman–Crippen MR) is 103 cm³/mol. The molecule has 0 saturated heterocycles. The van der Waals surface area contributed by atoms with Crippen molar-refractivity contribution >= 4 is 17.8 Å². The number of thioether (sulfide) groups is 1. The van der Waals surface area contributed by atoms with Gasteiger partial charge in [-0.15, -0.1) is 10.2 Å². The van der Waals surface area contributed by atoms with Gasteiger partial charge in [-0.25, -0.2) is 4.79 Å². The number of nitrogens with one attached hydrogen (secondary N) is 2. The van der Waals surface area contributed by atoms with Gasteiger partial charge < -0.3 is 15.2 Å². The van der Waals surface area contributed by atoms with Gasteiger partial charge in [0.15, 0.2) is 5.16 Å². The largest absolute Gasteiger partial charge is 0.338 e. The van der Waals surface area contributed by atoms with Crippen LogP contribution in [0.4, 0.5) is 4.79 Å². The van der Waals surface area contributed by atoms with Gasteiger partial charge in [0.2, 0.25) is 0 Å². The van der Waals surface area contributed by atoms with Crippen LogP contribution in [0.5, 0.6) is 0 Å². The second-order valence-electron chi connectivity index (χ2n) is 6.36. The minimum absolute atomic E-state index is 0.0537. The molecule has 0 atom stereocenters. The number of carbonyl (C=O) groups is 1. The van der Waals surface area contributed by atoms with E-state index in [4.69, 9.17) is 0 Å². The second kappa shape index (κ2) is 12.8. The Labute approximate surface area is 155 Å². The van der Waals surface area contributed by atoms with Crippen LogP contribution in [0.3, 0.4) is 0 Å². The number of rotatable bonds is 0. The van der Waals surface area contributed by atoms with Crippen molar-refractivity contribution in [2.45, 2.75) is 69.5 Å². The number of urea groups is 1. The normalized spacial score (nSPS) is 21.2. The maximum Gasteiger partial charge on any atom is 0.314 e. The average Bonchev–Trinajstić information content (AvgIpc) is 3.05. The molecular weight excluding hydrogens is 334 g/mol. The lowest BCUT2D eigenvalue weighted by atomic mass is 10.1. The van der Waals surface area contributed by atoms with E-state index in [0.717, 1.165) is 56.1 Å². The van der Waals surface area contributed by atoms with Crippen LogP contribution in [0, 0.1) is 0 Å². The molecule has 2 heterocycles. The second-order valence-corrected chi connectivity index (χ2v) is 7.42. The summed E-state index contributed by atoms with van der Waals surface area (Å²) in [5.41, 5.74) is 0. The van der Waals surface area contributed by atoms with Gasteiger partial charge in [-0.3, -0.25) is 0 Å². The van der Waals surface area contributed by atoms with E-state index in [-0.39, 0.29) is 6.03 Å². The van der Waals surface area contributed by atoms with Gasteiger partial charge in [-0.05, 0) is 51.4 Å². The van der Waals surface area contributed by atoms with Gasteiger partial charge in [0.25, 0.3) is 0 Å². The van der Waals surface area contributed by atoms with Crippen molar-refractivity contribution in [1.29, 1.82) is 0 Å². The smallest absolute Gasteiger partial charge is 0.314 e. The SMILES string of the molecule is O=C1NCCCC/C=C\CCCCCSc2nncn2CCCCN1. The Hall–Kier alpha value is -1.50. The molecule has 0 radical (unpaired) electrons. The molecule has 1 aliphatic heterocycles. The molecule has 1 aromatic rings. The first-order chi connectivity index (χ1) is 12.4. The number of fused-ring (bicyclic) bond motifs is 1. The first kappa shape index (κ1) is 19.8. The summed E-state index contributed by atoms with van der Waals surface area (Å²) in [6.07, 6.45) is 16.5. The zero-order valence-electron chi connectivity index (χ0n) is 15.1. The highest BCUT2D eigenvalue weighted by atomic mass is 32.2. The van der Waals surface area contributed by atoms with E-state index in [1.54, 1.807) is 11.8 Å². The summed E-state index contributed by atoms with van der Waals surface area (Å²) < 4.78 is 2.12. The first-order valence-corrected chi connectivity index (χ1v) is 10.5. The highest BCUT2D eigenvalue weighted by Crippen LogP contribution is 2.18.